The molecule has 0 saturated heterocycles. The van der Waals surface area contributed by atoms with Gasteiger partial charge in [-0.3, -0.25) is 0 Å². The summed E-state index contributed by atoms with van der Waals surface area (Å²) < 4.78 is 25.6. The van der Waals surface area contributed by atoms with Gasteiger partial charge in [0.25, 0.3) is 0 Å². The molecule has 1 unspecified atom stereocenters. The molecule has 0 amide bonds. The highest BCUT2D eigenvalue weighted by molar-refractivity contribution is 7.71. The second-order valence-electron chi connectivity index (χ2n) is 5.02. The number of carbonyl (C=O) groups is 1. The minimum absolute atomic E-state index is 0.0424. The number of esters is 1. The van der Waals surface area contributed by atoms with Crippen molar-refractivity contribution in [3.63, 3.8) is 0 Å². The van der Waals surface area contributed by atoms with Gasteiger partial charge in [0, 0.05) is 12.1 Å². The summed E-state index contributed by atoms with van der Waals surface area (Å²) in [6, 6.07) is 2.23. The number of H-pyrrole nitrogens is 1. The maximum absolute atomic E-state index is 13.8. The van der Waals surface area contributed by atoms with E-state index in [9.17, 15) is 9.18 Å². The van der Waals surface area contributed by atoms with Gasteiger partial charge in [0.05, 0.1) is 25.3 Å². The van der Waals surface area contributed by atoms with Gasteiger partial charge in [-0.05, 0) is 18.1 Å². The summed E-state index contributed by atoms with van der Waals surface area (Å²) in [6.07, 6.45) is 0. The molecule has 0 saturated carbocycles. The second-order valence-corrected chi connectivity index (χ2v) is 5.40. The van der Waals surface area contributed by atoms with Crippen LogP contribution in [0, 0.1) is 16.5 Å². The Morgan fingerprint density at radius 1 is 1.38 bits per heavy atom. The highest BCUT2D eigenvalue weighted by Gasteiger charge is 2.28. The Hall–Kier alpha value is -1.89. The molecule has 5 nitrogen and oxygen atoms in total. The number of aromatic amines is 1. The maximum atomic E-state index is 13.8. The fraction of sp³-hybridized carbons (Fsp3) is 0.429. The van der Waals surface area contributed by atoms with E-state index in [1.165, 1.54) is 26.4 Å². The number of aromatic nitrogens is 2. The molecule has 0 radical (unpaired) electrons. The molecule has 2 rings (SSSR count). The molecule has 0 fully saturated rings. The van der Waals surface area contributed by atoms with Gasteiger partial charge in [-0.15, -0.1) is 0 Å². The SMILES string of the molecule is COC(=O)C(C(C)C)n1c(=S)[nH]c2cc(F)c(OC)cc21. The third kappa shape index (κ3) is 2.65. The first kappa shape index (κ1) is 15.5. The number of halogens is 1. The van der Waals surface area contributed by atoms with Gasteiger partial charge in [-0.2, -0.15) is 0 Å². The molecule has 1 N–H and O–H groups in total. The lowest BCUT2D eigenvalue weighted by Gasteiger charge is -2.20. The molecule has 114 valence electrons. The number of nitrogens with one attached hydrogen (secondary N) is 1. The highest BCUT2D eigenvalue weighted by Crippen LogP contribution is 2.29. The van der Waals surface area contributed by atoms with Crippen molar-refractivity contribution in [2.45, 2.75) is 19.9 Å². The smallest absolute Gasteiger partial charge is 0.329 e. The predicted octanol–water partition coefficient (Wildman–Crippen LogP) is 3.22. The molecule has 1 heterocycles. The van der Waals surface area contributed by atoms with Crippen LogP contribution in [0.25, 0.3) is 11.0 Å². The molecule has 0 aliphatic rings. The number of hydrogen-bond donors (Lipinski definition) is 1. The van der Waals surface area contributed by atoms with Gasteiger partial charge >= 0.3 is 5.97 Å². The first-order valence-electron chi connectivity index (χ1n) is 6.46. The molecule has 1 aromatic heterocycles. The van der Waals surface area contributed by atoms with Crippen molar-refractivity contribution in [1.82, 2.24) is 9.55 Å². The number of methoxy groups -OCH3 is 2. The number of rotatable bonds is 4. The first-order chi connectivity index (χ1) is 9.90. The molecule has 0 aliphatic heterocycles. The monoisotopic (exact) mass is 312 g/mol. The summed E-state index contributed by atoms with van der Waals surface area (Å²) in [5.74, 6) is -0.838. The van der Waals surface area contributed by atoms with Crippen molar-refractivity contribution in [1.29, 1.82) is 0 Å². The van der Waals surface area contributed by atoms with Gasteiger partial charge in [-0.1, -0.05) is 13.8 Å². The zero-order valence-electron chi connectivity index (χ0n) is 12.3. The zero-order chi connectivity index (χ0) is 15.7. The third-order valence-electron chi connectivity index (χ3n) is 3.34. The molecule has 1 aromatic carbocycles. The fourth-order valence-electron chi connectivity index (χ4n) is 2.36. The van der Waals surface area contributed by atoms with Crippen molar-refractivity contribution in [3.8, 4) is 5.75 Å². The van der Waals surface area contributed by atoms with Crippen LogP contribution in [0.3, 0.4) is 0 Å². The number of hydrogen-bond acceptors (Lipinski definition) is 4. The fourth-order valence-corrected chi connectivity index (χ4v) is 2.68. The van der Waals surface area contributed by atoms with Gasteiger partial charge in [0.2, 0.25) is 0 Å². The van der Waals surface area contributed by atoms with E-state index in [4.69, 9.17) is 21.7 Å². The summed E-state index contributed by atoms with van der Waals surface area (Å²) in [5, 5.41) is 0. The number of benzene rings is 1. The number of imidazole rings is 1. The third-order valence-corrected chi connectivity index (χ3v) is 3.64. The maximum Gasteiger partial charge on any atom is 0.329 e. The highest BCUT2D eigenvalue weighted by atomic mass is 32.1. The Labute approximate surface area is 126 Å². The Morgan fingerprint density at radius 3 is 2.57 bits per heavy atom. The normalized spacial score (nSPS) is 12.7. The molecule has 7 heteroatoms. The average molecular weight is 312 g/mol. The molecule has 0 spiro atoms. The molecule has 21 heavy (non-hydrogen) atoms. The quantitative estimate of drug-likeness (QED) is 0.696. The first-order valence-corrected chi connectivity index (χ1v) is 6.87. The lowest BCUT2D eigenvalue weighted by atomic mass is 10.0. The Balaban J connectivity index is 2.75. The van der Waals surface area contributed by atoms with Crippen molar-refractivity contribution in [3.05, 3.63) is 22.7 Å². The van der Waals surface area contributed by atoms with Gasteiger partial charge in [0.1, 0.15) is 6.04 Å². The predicted molar refractivity (Wildman–Crippen MR) is 79.5 cm³/mol. The van der Waals surface area contributed by atoms with Crippen molar-refractivity contribution in [2.24, 2.45) is 5.92 Å². The van der Waals surface area contributed by atoms with Crippen LogP contribution in [0.2, 0.25) is 0 Å². The van der Waals surface area contributed by atoms with E-state index in [0.717, 1.165) is 0 Å². The van der Waals surface area contributed by atoms with Crippen LogP contribution in [-0.4, -0.2) is 29.7 Å². The zero-order valence-corrected chi connectivity index (χ0v) is 13.1. The van der Waals surface area contributed by atoms with E-state index in [-0.39, 0.29) is 11.7 Å². The van der Waals surface area contributed by atoms with E-state index in [2.05, 4.69) is 4.98 Å². The van der Waals surface area contributed by atoms with Crippen LogP contribution in [0.4, 0.5) is 4.39 Å². The van der Waals surface area contributed by atoms with E-state index in [0.29, 0.717) is 15.8 Å². The largest absolute Gasteiger partial charge is 0.494 e. The topological polar surface area (TPSA) is 56.2 Å². The van der Waals surface area contributed by atoms with Crippen LogP contribution < -0.4 is 4.74 Å². The lowest BCUT2D eigenvalue weighted by molar-refractivity contribution is -0.145. The van der Waals surface area contributed by atoms with Crippen LogP contribution in [-0.2, 0) is 9.53 Å². The van der Waals surface area contributed by atoms with Crippen LogP contribution in [0.15, 0.2) is 12.1 Å². The van der Waals surface area contributed by atoms with Crippen molar-refractivity contribution in [2.75, 3.05) is 14.2 Å². The summed E-state index contributed by atoms with van der Waals surface area (Å²) in [5.41, 5.74) is 1.11. The molecular formula is C14H17FN2O3S. The summed E-state index contributed by atoms with van der Waals surface area (Å²) in [4.78, 5) is 15.0. The van der Waals surface area contributed by atoms with Crippen LogP contribution >= 0.6 is 12.2 Å². The molecule has 1 atom stereocenters. The molecular weight excluding hydrogens is 295 g/mol. The number of fused-ring (bicyclic) bond motifs is 1. The number of nitrogens with zero attached hydrogens (tertiary/aromatic N) is 1. The lowest BCUT2D eigenvalue weighted by Crippen LogP contribution is -2.25. The number of carbonyl (C=O) groups excluding carboxylic acids is 1. The minimum Gasteiger partial charge on any atom is -0.494 e. The molecule has 0 bridgehead atoms. The van der Waals surface area contributed by atoms with Gasteiger partial charge in [0.15, 0.2) is 16.3 Å². The summed E-state index contributed by atoms with van der Waals surface area (Å²) in [6.45, 7) is 3.78. The average Bonchev–Trinajstić information content (AvgIpc) is 2.73. The van der Waals surface area contributed by atoms with E-state index in [1.807, 2.05) is 13.8 Å². The van der Waals surface area contributed by atoms with Crippen molar-refractivity contribution < 1.29 is 18.7 Å². The summed E-state index contributed by atoms with van der Waals surface area (Å²) >= 11 is 5.27. The Kier molecular flexibility index (Phi) is 4.32. The minimum atomic E-state index is -0.591. The van der Waals surface area contributed by atoms with Crippen molar-refractivity contribution >= 4 is 29.2 Å². The van der Waals surface area contributed by atoms with E-state index < -0.39 is 17.8 Å². The van der Waals surface area contributed by atoms with Crippen LogP contribution in [0.5, 0.6) is 5.75 Å². The van der Waals surface area contributed by atoms with Crippen LogP contribution in [0.1, 0.15) is 19.9 Å². The molecule has 2 aromatic rings. The van der Waals surface area contributed by atoms with Gasteiger partial charge in [-0.25, -0.2) is 9.18 Å². The number of ether oxygens (including phenoxy) is 2. The standard InChI is InChI=1S/C14H17FN2O3S/c1-7(2)12(13(18)20-4)17-10-6-11(19-3)8(15)5-9(10)16-14(17)21/h5-7,12H,1-4H3,(H,16,21). The second kappa shape index (κ2) is 5.85. The Bertz CT molecular complexity index is 736. The molecule has 0 aliphatic carbocycles. The van der Waals surface area contributed by atoms with E-state index >= 15 is 0 Å². The van der Waals surface area contributed by atoms with E-state index in [1.54, 1.807) is 4.57 Å². The Morgan fingerprint density at radius 2 is 2.05 bits per heavy atom. The summed E-state index contributed by atoms with van der Waals surface area (Å²) in [7, 11) is 2.71. The van der Waals surface area contributed by atoms with Gasteiger partial charge < -0.3 is 19.0 Å².